The molecule has 0 radical (unpaired) electrons. The van der Waals surface area contributed by atoms with E-state index in [1.807, 2.05) is 41.9 Å². The second-order valence-corrected chi connectivity index (χ2v) is 8.77. The number of thiazole rings is 2. The summed E-state index contributed by atoms with van der Waals surface area (Å²) < 4.78 is 5.65. The van der Waals surface area contributed by atoms with Gasteiger partial charge in [-0.3, -0.25) is 9.59 Å². The SMILES string of the molecule is CCOC(=O)Cc1csc(SCC(=O)Nc2nc(-c3ccc(C)cc3)cs2)n1. The van der Waals surface area contributed by atoms with Crippen molar-refractivity contribution in [1.82, 2.24) is 9.97 Å². The second kappa shape index (κ2) is 9.81. The van der Waals surface area contributed by atoms with Gasteiger partial charge in [0.2, 0.25) is 5.91 Å². The number of rotatable bonds is 8. The number of benzene rings is 1. The molecule has 28 heavy (non-hydrogen) atoms. The van der Waals surface area contributed by atoms with Crippen molar-refractivity contribution in [1.29, 1.82) is 0 Å². The van der Waals surface area contributed by atoms with E-state index in [1.54, 1.807) is 6.92 Å². The largest absolute Gasteiger partial charge is 0.466 e. The van der Waals surface area contributed by atoms with E-state index < -0.39 is 0 Å². The number of carbonyl (C=O) groups is 2. The highest BCUT2D eigenvalue weighted by Crippen LogP contribution is 2.26. The summed E-state index contributed by atoms with van der Waals surface area (Å²) in [6, 6.07) is 8.10. The lowest BCUT2D eigenvalue weighted by Gasteiger charge is -2.00. The number of nitrogens with one attached hydrogen (secondary N) is 1. The fourth-order valence-electron chi connectivity index (χ4n) is 2.27. The van der Waals surface area contributed by atoms with Crippen molar-refractivity contribution in [2.45, 2.75) is 24.6 Å². The van der Waals surface area contributed by atoms with Crippen LogP contribution in [0, 0.1) is 6.92 Å². The molecular weight excluding hydrogens is 414 g/mol. The third-order valence-corrected chi connectivity index (χ3v) is 6.41. The van der Waals surface area contributed by atoms with Crippen LogP contribution in [0.3, 0.4) is 0 Å². The van der Waals surface area contributed by atoms with Crippen molar-refractivity contribution >= 4 is 51.4 Å². The lowest BCUT2D eigenvalue weighted by molar-refractivity contribution is -0.142. The van der Waals surface area contributed by atoms with Gasteiger partial charge in [-0.05, 0) is 13.8 Å². The second-order valence-electron chi connectivity index (χ2n) is 5.83. The van der Waals surface area contributed by atoms with Crippen LogP contribution < -0.4 is 5.32 Å². The summed E-state index contributed by atoms with van der Waals surface area (Å²) in [5.41, 5.74) is 3.72. The first-order chi connectivity index (χ1) is 13.5. The molecule has 6 nitrogen and oxygen atoms in total. The zero-order valence-corrected chi connectivity index (χ0v) is 17.9. The highest BCUT2D eigenvalue weighted by molar-refractivity contribution is 8.01. The van der Waals surface area contributed by atoms with Crippen LogP contribution in [-0.4, -0.2) is 34.2 Å². The summed E-state index contributed by atoms with van der Waals surface area (Å²) in [6.07, 6.45) is 0.151. The van der Waals surface area contributed by atoms with Crippen LogP contribution in [0.2, 0.25) is 0 Å². The number of hydrogen-bond donors (Lipinski definition) is 1. The van der Waals surface area contributed by atoms with Gasteiger partial charge in [0.05, 0.1) is 30.2 Å². The van der Waals surface area contributed by atoms with Gasteiger partial charge in [-0.1, -0.05) is 41.6 Å². The number of amides is 1. The third kappa shape index (κ3) is 5.88. The Morgan fingerprint density at radius 3 is 2.68 bits per heavy atom. The summed E-state index contributed by atoms with van der Waals surface area (Å²) in [5.74, 6) is -0.210. The maximum absolute atomic E-state index is 12.2. The Morgan fingerprint density at radius 2 is 1.93 bits per heavy atom. The van der Waals surface area contributed by atoms with Crippen LogP contribution in [0.15, 0.2) is 39.4 Å². The Morgan fingerprint density at radius 1 is 1.14 bits per heavy atom. The summed E-state index contributed by atoms with van der Waals surface area (Å²) in [5, 5.41) is 7.13. The monoisotopic (exact) mass is 433 g/mol. The average Bonchev–Trinajstić information content (AvgIpc) is 3.30. The van der Waals surface area contributed by atoms with E-state index in [9.17, 15) is 9.59 Å². The molecule has 0 aliphatic carbocycles. The minimum Gasteiger partial charge on any atom is -0.466 e. The zero-order chi connectivity index (χ0) is 19.9. The first-order valence-electron chi connectivity index (χ1n) is 8.58. The van der Waals surface area contributed by atoms with Crippen LogP contribution in [0.5, 0.6) is 0 Å². The molecule has 1 amide bonds. The number of thioether (sulfide) groups is 1. The van der Waals surface area contributed by atoms with E-state index >= 15 is 0 Å². The lowest BCUT2D eigenvalue weighted by atomic mass is 10.1. The molecule has 9 heteroatoms. The van der Waals surface area contributed by atoms with Gasteiger partial charge in [-0.2, -0.15) is 0 Å². The minimum absolute atomic E-state index is 0.142. The van der Waals surface area contributed by atoms with Crippen molar-refractivity contribution in [3.63, 3.8) is 0 Å². The number of nitrogens with zero attached hydrogens (tertiary/aromatic N) is 2. The zero-order valence-electron chi connectivity index (χ0n) is 15.4. The van der Waals surface area contributed by atoms with Crippen molar-refractivity contribution in [2.75, 3.05) is 17.7 Å². The number of esters is 1. The molecule has 1 aromatic carbocycles. The van der Waals surface area contributed by atoms with Gasteiger partial charge in [0.25, 0.3) is 0 Å². The normalized spacial score (nSPS) is 10.6. The summed E-state index contributed by atoms with van der Waals surface area (Å²) in [4.78, 5) is 32.5. The fourth-order valence-corrected chi connectivity index (χ4v) is 4.65. The van der Waals surface area contributed by atoms with Crippen LogP contribution in [0.25, 0.3) is 11.3 Å². The quantitative estimate of drug-likeness (QED) is 0.419. The van der Waals surface area contributed by atoms with Crippen molar-refractivity contribution < 1.29 is 14.3 Å². The van der Waals surface area contributed by atoms with Crippen LogP contribution in [-0.2, 0) is 20.7 Å². The first-order valence-corrected chi connectivity index (χ1v) is 11.3. The third-order valence-electron chi connectivity index (χ3n) is 3.59. The maximum atomic E-state index is 12.2. The summed E-state index contributed by atoms with van der Waals surface area (Å²) in [6.45, 7) is 4.16. The van der Waals surface area contributed by atoms with E-state index in [-0.39, 0.29) is 24.1 Å². The molecule has 0 aliphatic heterocycles. The molecule has 0 aliphatic rings. The molecule has 0 saturated carbocycles. The number of carbonyl (C=O) groups excluding carboxylic acids is 2. The topological polar surface area (TPSA) is 81.2 Å². The molecule has 2 aromatic heterocycles. The molecule has 3 rings (SSSR count). The number of hydrogen-bond acceptors (Lipinski definition) is 8. The predicted octanol–water partition coefficient (Wildman–Crippen LogP) is 4.41. The predicted molar refractivity (Wildman–Crippen MR) is 114 cm³/mol. The Kier molecular flexibility index (Phi) is 7.18. The van der Waals surface area contributed by atoms with Crippen molar-refractivity contribution in [2.24, 2.45) is 0 Å². The van der Waals surface area contributed by atoms with E-state index in [0.717, 1.165) is 15.6 Å². The molecule has 146 valence electrons. The van der Waals surface area contributed by atoms with E-state index in [2.05, 4.69) is 15.3 Å². The minimum atomic E-state index is -0.296. The van der Waals surface area contributed by atoms with E-state index in [4.69, 9.17) is 4.74 Å². The number of ether oxygens (including phenoxy) is 1. The fraction of sp³-hybridized carbons (Fsp3) is 0.263. The standard InChI is InChI=1S/C19H19N3O3S3/c1-3-25-17(24)8-14-9-27-19(20-14)28-11-16(23)22-18-21-15(10-26-18)13-6-4-12(2)5-7-13/h4-7,9-10H,3,8,11H2,1-2H3,(H,21,22,23). The Hall–Kier alpha value is -2.23. The van der Waals surface area contributed by atoms with Gasteiger partial charge < -0.3 is 10.1 Å². The molecule has 3 aromatic rings. The first kappa shape index (κ1) is 20.5. The summed E-state index contributed by atoms with van der Waals surface area (Å²) >= 11 is 4.14. The van der Waals surface area contributed by atoms with Gasteiger partial charge in [-0.25, -0.2) is 9.97 Å². The van der Waals surface area contributed by atoms with Crippen LogP contribution >= 0.6 is 34.4 Å². The van der Waals surface area contributed by atoms with Gasteiger partial charge in [0.15, 0.2) is 9.47 Å². The summed E-state index contributed by atoms with van der Waals surface area (Å²) in [7, 11) is 0. The van der Waals surface area contributed by atoms with Gasteiger partial charge in [0.1, 0.15) is 0 Å². The number of aryl methyl sites for hydroxylation is 1. The highest BCUT2D eigenvalue weighted by atomic mass is 32.2. The molecule has 0 bridgehead atoms. The molecule has 0 atom stereocenters. The van der Waals surface area contributed by atoms with Crippen LogP contribution in [0.1, 0.15) is 18.2 Å². The van der Waals surface area contributed by atoms with Gasteiger partial charge in [0, 0.05) is 16.3 Å². The van der Waals surface area contributed by atoms with Crippen molar-refractivity contribution in [3.8, 4) is 11.3 Å². The Bertz CT molecular complexity index is 951. The number of aromatic nitrogens is 2. The smallest absolute Gasteiger partial charge is 0.311 e. The Balaban J connectivity index is 1.49. The van der Waals surface area contributed by atoms with E-state index in [1.165, 1.54) is 40.0 Å². The van der Waals surface area contributed by atoms with Gasteiger partial charge >= 0.3 is 5.97 Å². The maximum Gasteiger partial charge on any atom is 0.311 e. The van der Waals surface area contributed by atoms with Gasteiger partial charge in [-0.15, -0.1) is 22.7 Å². The van der Waals surface area contributed by atoms with E-state index in [0.29, 0.717) is 17.4 Å². The van der Waals surface area contributed by atoms with Crippen LogP contribution in [0.4, 0.5) is 5.13 Å². The van der Waals surface area contributed by atoms with Crippen molar-refractivity contribution in [3.05, 3.63) is 46.3 Å². The average molecular weight is 434 g/mol. The highest BCUT2D eigenvalue weighted by Gasteiger charge is 2.12. The molecule has 0 fully saturated rings. The lowest BCUT2D eigenvalue weighted by Crippen LogP contribution is -2.13. The molecule has 0 unspecified atom stereocenters. The molecule has 2 heterocycles. The molecule has 0 saturated heterocycles. The molecule has 0 spiro atoms. The molecular formula is C19H19N3O3S3. The Labute approximate surface area is 175 Å². The molecule has 1 N–H and O–H groups in total. The number of anilines is 1.